The Morgan fingerprint density at radius 1 is 0.288 bits per heavy atom. The van der Waals surface area contributed by atoms with Crippen molar-refractivity contribution in [3.05, 3.63) is 134 Å². The number of hydrogen-bond donors (Lipinski definition) is 0. The van der Waals surface area contributed by atoms with Crippen LogP contribution in [0.4, 0.5) is 0 Å². The van der Waals surface area contributed by atoms with E-state index in [9.17, 15) is 14.4 Å². The fraction of sp³-hybridized carbons (Fsp3) is 0.627. The highest BCUT2D eigenvalue weighted by atomic mass is 16.6. The molecule has 0 radical (unpaired) electrons. The van der Waals surface area contributed by atoms with E-state index in [-0.39, 0.29) is 37.5 Å². The lowest BCUT2D eigenvalue weighted by molar-refractivity contribution is -0.167. The summed E-state index contributed by atoms with van der Waals surface area (Å²) in [6.45, 7) is 6.33. The third-order valence-corrected chi connectivity index (χ3v) is 12.1. The predicted molar refractivity (Wildman–Crippen MR) is 316 cm³/mol. The van der Waals surface area contributed by atoms with Crippen LogP contribution in [-0.2, 0) is 28.6 Å². The molecule has 6 heteroatoms. The minimum Gasteiger partial charge on any atom is -0.462 e. The number of esters is 3. The predicted octanol–water partition coefficient (Wildman–Crippen LogP) is 20.2. The average Bonchev–Trinajstić information content (AvgIpc) is 3.39. The van der Waals surface area contributed by atoms with Crippen LogP contribution < -0.4 is 0 Å². The smallest absolute Gasteiger partial charge is 0.306 e. The number of unbranched alkanes of at least 4 members (excludes halogenated alkanes) is 19. The molecule has 0 N–H and O–H groups in total. The van der Waals surface area contributed by atoms with Gasteiger partial charge in [0.1, 0.15) is 13.2 Å². The second-order valence-electron chi connectivity index (χ2n) is 19.1. The molecule has 73 heavy (non-hydrogen) atoms. The summed E-state index contributed by atoms with van der Waals surface area (Å²) in [6.07, 6.45) is 84.4. The number of carbonyl (C=O) groups excluding carboxylic acids is 3. The summed E-state index contributed by atoms with van der Waals surface area (Å²) in [6, 6.07) is 0. The third-order valence-electron chi connectivity index (χ3n) is 12.1. The summed E-state index contributed by atoms with van der Waals surface area (Å²) in [4.78, 5) is 38.2. The molecule has 1 atom stereocenters. The van der Waals surface area contributed by atoms with Gasteiger partial charge < -0.3 is 14.2 Å². The zero-order chi connectivity index (χ0) is 52.9. The molecule has 0 rings (SSSR count). The van der Waals surface area contributed by atoms with Crippen molar-refractivity contribution in [1.82, 2.24) is 0 Å². The summed E-state index contributed by atoms with van der Waals surface area (Å²) in [5, 5.41) is 0. The quantitative estimate of drug-likeness (QED) is 0.0261. The summed E-state index contributed by atoms with van der Waals surface area (Å²) in [5.41, 5.74) is 0. The van der Waals surface area contributed by atoms with Crippen LogP contribution in [0.3, 0.4) is 0 Å². The van der Waals surface area contributed by atoms with E-state index in [2.05, 4.69) is 154 Å². The first kappa shape index (κ1) is 68.6. The number of carbonyl (C=O) groups is 3. The van der Waals surface area contributed by atoms with E-state index >= 15 is 0 Å². The van der Waals surface area contributed by atoms with Gasteiger partial charge in [0.2, 0.25) is 0 Å². The summed E-state index contributed by atoms with van der Waals surface area (Å²) in [5.74, 6) is -0.987. The van der Waals surface area contributed by atoms with Crippen molar-refractivity contribution >= 4 is 17.9 Å². The zero-order valence-corrected chi connectivity index (χ0v) is 47.1. The molecule has 0 aromatic carbocycles. The highest BCUT2D eigenvalue weighted by Crippen LogP contribution is 2.14. The largest absolute Gasteiger partial charge is 0.462 e. The standard InChI is InChI=1S/C67H108O6/c1-4-7-10-13-16-19-22-25-28-31-33-36-39-42-45-48-51-54-57-60-66(69)72-63-64(62-71-65(68)59-56-53-50-47-44-41-38-35-30-27-24-21-18-15-12-9-6-3)73-67(70)61-58-55-52-49-46-43-40-37-34-32-29-26-23-20-17-14-11-8-5-2/h7-8,10-11,16-21,25-30,33,36,38,41,47,50,64H,4-6,9,12-15,22-24,31-32,34-35,37,39-40,42-46,48-49,51-63H2,1-3H3/b10-7-,11-8-,19-16-,20-17-,21-18-,28-25-,29-26-,30-27-,36-33-,41-38-,50-47-. The molecule has 0 saturated carbocycles. The van der Waals surface area contributed by atoms with E-state index in [1.165, 1.54) is 77.0 Å². The van der Waals surface area contributed by atoms with Crippen LogP contribution in [0.2, 0.25) is 0 Å². The molecule has 0 fully saturated rings. The molecule has 0 saturated heterocycles. The molecule has 0 aromatic rings. The van der Waals surface area contributed by atoms with Gasteiger partial charge in [-0.3, -0.25) is 14.4 Å². The summed E-state index contributed by atoms with van der Waals surface area (Å²) in [7, 11) is 0. The third kappa shape index (κ3) is 58.3. The maximum atomic E-state index is 12.9. The van der Waals surface area contributed by atoms with Crippen LogP contribution in [0, 0.1) is 0 Å². The Balaban J connectivity index is 4.52. The Bertz CT molecular complexity index is 1580. The molecule has 0 aromatic heterocycles. The Morgan fingerprint density at radius 3 is 0.890 bits per heavy atom. The number of hydrogen-bond acceptors (Lipinski definition) is 6. The van der Waals surface area contributed by atoms with Gasteiger partial charge in [0, 0.05) is 19.3 Å². The van der Waals surface area contributed by atoms with Crippen LogP contribution >= 0.6 is 0 Å². The number of ether oxygens (including phenoxy) is 3. The van der Waals surface area contributed by atoms with Crippen molar-refractivity contribution in [2.75, 3.05) is 13.2 Å². The monoisotopic (exact) mass is 1010 g/mol. The zero-order valence-electron chi connectivity index (χ0n) is 47.1. The minimum absolute atomic E-state index is 0.109. The number of allylic oxidation sites excluding steroid dienone is 22. The Labute approximate surface area is 449 Å². The van der Waals surface area contributed by atoms with Gasteiger partial charge in [0.05, 0.1) is 0 Å². The van der Waals surface area contributed by atoms with Gasteiger partial charge in [-0.1, -0.05) is 238 Å². The van der Waals surface area contributed by atoms with Crippen molar-refractivity contribution in [2.45, 2.75) is 258 Å². The van der Waals surface area contributed by atoms with E-state index in [1.54, 1.807) is 0 Å². The highest BCUT2D eigenvalue weighted by molar-refractivity contribution is 5.71. The van der Waals surface area contributed by atoms with Crippen LogP contribution in [-0.4, -0.2) is 37.2 Å². The molecule has 1 unspecified atom stereocenters. The molecule has 412 valence electrons. The molecule has 0 aliphatic heterocycles. The second-order valence-corrected chi connectivity index (χ2v) is 19.1. The van der Waals surface area contributed by atoms with Gasteiger partial charge in [-0.25, -0.2) is 0 Å². The molecular weight excluding hydrogens is 901 g/mol. The lowest BCUT2D eigenvalue weighted by atomic mass is 10.1. The lowest BCUT2D eigenvalue weighted by Gasteiger charge is -2.18. The Hall–Kier alpha value is -4.45. The summed E-state index contributed by atoms with van der Waals surface area (Å²) >= 11 is 0. The Kier molecular flexibility index (Phi) is 56.4. The first-order valence-electron chi connectivity index (χ1n) is 29.7. The van der Waals surface area contributed by atoms with Gasteiger partial charge in [0.15, 0.2) is 6.10 Å². The fourth-order valence-corrected chi connectivity index (χ4v) is 7.73. The van der Waals surface area contributed by atoms with E-state index in [0.717, 1.165) is 128 Å². The van der Waals surface area contributed by atoms with Gasteiger partial charge in [-0.05, 0) is 128 Å². The highest BCUT2D eigenvalue weighted by Gasteiger charge is 2.19. The molecule has 0 heterocycles. The van der Waals surface area contributed by atoms with Crippen molar-refractivity contribution in [3.63, 3.8) is 0 Å². The summed E-state index contributed by atoms with van der Waals surface area (Å²) < 4.78 is 16.8. The maximum absolute atomic E-state index is 12.9. The second kappa shape index (κ2) is 60.1. The average molecular weight is 1010 g/mol. The topological polar surface area (TPSA) is 78.9 Å². The van der Waals surface area contributed by atoms with E-state index in [4.69, 9.17) is 14.2 Å². The van der Waals surface area contributed by atoms with E-state index in [1.807, 2.05) is 0 Å². The van der Waals surface area contributed by atoms with E-state index in [0.29, 0.717) is 19.3 Å². The van der Waals surface area contributed by atoms with Crippen molar-refractivity contribution in [3.8, 4) is 0 Å². The van der Waals surface area contributed by atoms with Crippen molar-refractivity contribution in [1.29, 1.82) is 0 Å². The van der Waals surface area contributed by atoms with Gasteiger partial charge in [0.25, 0.3) is 0 Å². The maximum Gasteiger partial charge on any atom is 0.306 e. The van der Waals surface area contributed by atoms with Crippen molar-refractivity contribution < 1.29 is 28.6 Å². The van der Waals surface area contributed by atoms with Crippen molar-refractivity contribution in [2.24, 2.45) is 0 Å². The van der Waals surface area contributed by atoms with Crippen LogP contribution in [0.25, 0.3) is 0 Å². The molecule has 6 nitrogen and oxygen atoms in total. The molecule has 0 aliphatic rings. The van der Waals surface area contributed by atoms with E-state index < -0.39 is 6.10 Å². The van der Waals surface area contributed by atoms with Gasteiger partial charge in [-0.2, -0.15) is 0 Å². The molecule has 0 bridgehead atoms. The minimum atomic E-state index is -0.815. The molecule has 0 spiro atoms. The molecule has 0 aliphatic carbocycles. The first-order valence-corrected chi connectivity index (χ1v) is 29.7. The molecular formula is C67H108O6. The van der Waals surface area contributed by atoms with Crippen LogP contribution in [0.1, 0.15) is 252 Å². The first-order chi connectivity index (χ1) is 36.0. The van der Waals surface area contributed by atoms with Gasteiger partial charge in [-0.15, -0.1) is 0 Å². The fourth-order valence-electron chi connectivity index (χ4n) is 7.73. The Morgan fingerprint density at radius 2 is 0.548 bits per heavy atom. The van der Waals surface area contributed by atoms with Gasteiger partial charge >= 0.3 is 17.9 Å². The lowest BCUT2D eigenvalue weighted by Crippen LogP contribution is -2.30. The normalized spacial score (nSPS) is 13.1. The van der Waals surface area contributed by atoms with Crippen LogP contribution in [0.15, 0.2) is 134 Å². The van der Waals surface area contributed by atoms with Crippen LogP contribution in [0.5, 0.6) is 0 Å². The molecule has 0 amide bonds. The SMILES string of the molecule is CC/C=C\C/C=C\C/C=C\C/C=C\CCCCCCCCC(=O)OCC(COC(=O)CCC/C=C\C/C=C\C/C=C\C/C=C\CCCCC)OC(=O)CCCCCCCCCCC/C=C\C/C=C\C/C=C\CC. The number of rotatable bonds is 52.